The monoisotopic (exact) mass is 285 g/mol. The summed E-state index contributed by atoms with van der Waals surface area (Å²) in [7, 11) is 1.57. The molecule has 1 aromatic rings. The molecule has 1 saturated carbocycles. The van der Waals surface area contributed by atoms with Crippen molar-refractivity contribution in [1.82, 2.24) is 0 Å². The Morgan fingerprint density at radius 3 is 2.68 bits per heavy atom. The summed E-state index contributed by atoms with van der Waals surface area (Å²) in [6, 6.07) is 2.92. The number of nitrogens with two attached hydrogens (primary N) is 1. The van der Waals surface area contributed by atoms with E-state index >= 15 is 0 Å². The summed E-state index contributed by atoms with van der Waals surface area (Å²) >= 11 is 6.05. The number of hydrogen-bond donors (Lipinski definition) is 2. The van der Waals surface area contributed by atoms with Gasteiger partial charge in [-0.15, -0.1) is 0 Å². The molecule has 0 bridgehead atoms. The highest BCUT2D eigenvalue weighted by atomic mass is 35.5. The minimum Gasteiger partial charge on any atom is -0.493 e. The molecule has 1 fully saturated rings. The van der Waals surface area contributed by atoms with Gasteiger partial charge in [-0.05, 0) is 31.7 Å². The Balaban J connectivity index is 2.35. The third-order valence-electron chi connectivity index (χ3n) is 3.45. The summed E-state index contributed by atoms with van der Waals surface area (Å²) in [6.07, 6.45) is 4.64. The average molecular weight is 286 g/mol. The molecular formula is C14H20ClNO3. The second-order valence-corrected chi connectivity index (χ2v) is 5.28. The number of aliphatic hydroxyl groups is 1. The third-order valence-corrected chi connectivity index (χ3v) is 3.67. The van der Waals surface area contributed by atoms with Crippen molar-refractivity contribution in [3.8, 4) is 11.5 Å². The number of halogens is 1. The Morgan fingerprint density at radius 2 is 2.11 bits per heavy atom. The summed E-state index contributed by atoms with van der Waals surface area (Å²) in [5, 5.41) is 9.79. The van der Waals surface area contributed by atoms with Gasteiger partial charge >= 0.3 is 0 Å². The van der Waals surface area contributed by atoms with Crippen LogP contribution in [0.1, 0.15) is 37.3 Å². The van der Waals surface area contributed by atoms with Gasteiger partial charge < -0.3 is 20.3 Å². The molecule has 4 nitrogen and oxygen atoms in total. The summed E-state index contributed by atoms with van der Waals surface area (Å²) in [4.78, 5) is 0. The first-order chi connectivity index (χ1) is 9.15. The molecule has 106 valence electrons. The fraction of sp³-hybridized carbons (Fsp3) is 0.571. The summed E-state index contributed by atoms with van der Waals surface area (Å²) < 4.78 is 11.4. The predicted octanol–water partition coefficient (Wildman–Crippen LogP) is 2.66. The Bertz CT molecular complexity index is 433. The van der Waals surface area contributed by atoms with Crippen molar-refractivity contribution in [2.45, 2.75) is 37.8 Å². The molecule has 0 radical (unpaired) electrons. The molecule has 19 heavy (non-hydrogen) atoms. The lowest BCUT2D eigenvalue weighted by atomic mass is 10.1. The van der Waals surface area contributed by atoms with Crippen molar-refractivity contribution in [2.24, 2.45) is 5.73 Å². The highest BCUT2D eigenvalue weighted by molar-refractivity contribution is 6.30. The van der Waals surface area contributed by atoms with Gasteiger partial charge in [0.1, 0.15) is 0 Å². The van der Waals surface area contributed by atoms with Crippen LogP contribution in [0.4, 0.5) is 0 Å². The molecule has 0 heterocycles. The van der Waals surface area contributed by atoms with Gasteiger partial charge in [-0.2, -0.15) is 0 Å². The fourth-order valence-electron chi connectivity index (χ4n) is 2.41. The molecule has 1 atom stereocenters. The van der Waals surface area contributed by atoms with Gasteiger partial charge in [0.05, 0.1) is 25.9 Å². The van der Waals surface area contributed by atoms with Gasteiger partial charge in [0, 0.05) is 16.7 Å². The van der Waals surface area contributed by atoms with Gasteiger partial charge in [0.25, 0.3) is 0 Å². The number of methoxy groups -OCH3 is 1. The molecule has 0 spiro atoms. The van der Waals surface area contributed by atoms with Crippen LogP contribution in [0.25, 0.3) is 0 Å². The van der Waals surface area contributed by atoms with E-state index in [4.69, 9.17) is 26.8 Å². The van der Waals surface area contributed by atoms with Crippen LogP contribution in [0, 0.1) is 0 Å². The van der Waals surface area contributed by atoms with Crippen molar-refractivity contribution in [3.05, 3.63) is 22.7 Å². The fourth-order valence-corrected chi connectivity index (χ4v) is 2.63. The van der Waals surface area contributed by atoms with Crippen LogP contribution < -0.4 is 15.2 Å². The predicted molar refractivity (Wildman–Crippen MR) is 74.9 cm³/mol. The lowest BCUT2D eigenvalue weighted by Gasteiger charge is -2.21. The molecule has 1 unspecified atom stereocenters. The maximum absolute atomic E-state index is 9.26. The Labute approximate surface area is 118 Å². The smallest absolute Gasteiger partial charge is 0.166 e. The topological polar surface area (TPSA) is 64.7 Å². The molecule has 0 aliphatic heterocycles. The standard InChI is InChI=1S/C14H20ClNO3/c1-18-13-7-9(15)6-11(12(16)8-17)14(13)19-10-4-2-3-5-10/h6-7,10,12,17H,2-5,8,16H2,1H3. The first-order valence-electron chi connectivity index (χ1n) is 6.56. The van der Waals surface area contributed by atoms with Gasteiger partial charge in [-0.3, -0.25) is 0 Å². The van der Waals surface area contributed by atoms with Crippen LogP contribution in [0.15, 0.2) is 12.1 Å². The highest BCUT2D eigenvalue weighted by Gasteiger charge is 2.23. The maximum atomic E-state index is 9.26. The molecule has 1 aliphatic carbocycles. The Morgan fingerprint density at radius 1 is 1.42 bits per heavy atom. The highest BCUT2D eigenvalue weighted by Crippen LogP contribution is 2.39. The number of hydrogen-bond acceptors (Lipinski definition) is 4. The van der Waals surface area contributed by atoms with Crippen molar-refractivity contribution in [3.63, 3.8) is 0 Å². The summed E-state index contributed by atoms with van der Waals surface area (Å²) in [5.74, 6) is 1.18. The minimum absolute atomic E-state index is 0.162. The zero-order valence-electron chi connectivity index (χ0n) is 11.1. The van der Waals surface area contributed by atoms with Gasteiger partial charge in [-0.1, -0.05) is 11.6 Å². The number of aliphatic hydroxyl groups excluding tert-OH is 1. The van der Waals surface area contributed by atoms with Crippen molar-refractivity contribution in [1.29, 1.82) is 0 Å². The largest absolute Gasteiger partial charge is 0.493 e. The van der Waals surface area contributed by atoms with E-state index in [1.165, 1.54) is 12.8 Å². The first kappa shape index (κ1) is 14.4. The zero-order chi connectivity index (χ0) is 13.8. The third kappa shape index (κ3) is 3.32. The van der Waals surface area contributed by atoms with E-state index in [1.54, 1.807) is 19.2 Å². The molecule has 1 aromatic carbocycles. The number of rotatable bonds is 5. The van der Waals surface area contributed by atoms with Crippen molar-refractivity contribution >= 4 is 11.6 Å². The van der Waals surface area contributed by atoms with Crippen LogP contribution in [-0.4, -0.2) is 24.9 Å². The summed E-state index contributed by atoms with van der Waals surface area (Å²) in [6.45, 7) is -0.162. The van der Waals surface area contributed by atoms with Crippen LogP contribution in [0.2, 0.25) is 5.02 Å². The van der Waals surface area contributed by atoms with E-state index in [2.05, 4.69) is 0 Å². The molecular weight excluding hydrogens is 266 g/mol. The Hall–Kier alpha value is -0.970. The Kier molecular flexibility index (Phi) is 4.91. The van der Waals surface area contributed by atoms with Crippen LogP contribution >= 0.6 is 11.6 Å². The van der Waals surface area contributed by atoms with E-state index < -0.39 is 6.04 Å². The van der Waals surface area contributed by atoms with Crippen LogP contribution in [0.5, 0.6) is 11.5 Å². The average Bonchev–Trinajstić information content (AvgIpc) is 2.92. The van der Waals surface area contributed by atoms with E-state index in [0.29, 0.717) is 22.1 Å². The van der Waals surface area contributed by atoms with Crippen LogP contribution in [-0.2, 0) is 0 Å². The lowest BCUT2D eigenvalue weighted by Crippen LogP contribution is -2.19. The molecule has 0 aromatic heterocycles. The van der Waals surface area contributed by atoms with Gasteiger partial charge in [0.2, 0.25) is 0 Å². The molecule has 1 aliphatic rings. The minimum atomic E-state index is -0.524. The maximum Gasteiger partial charge on any atom is 0.166 e. The van der Waals surface area contributed by atoms with Gasteiger partial charge in [-0.25, -0.2) is 0 Å². The quantitative estimate of drug-likeness (QED) is 0.873. The number of benzene rings is 1. The number of ether oxygens (including phenoxy) is 2. The van der Waals surface area contributed by atoms with E-state index in [1.807, 2.05) is 0 Å². The molecule has 2 rings (SSSR count). The molecule has 0 saturated heterocycles. The second-order valence-electron chi connectivity index (χ2n) is 4.84. The van der Waals surface area contributed by atoms with E-state index in [0.717, 1.165) is 12.8 Å². The van der Waals surface area contributed by atoms with E-state index in [-0.39, 0.29) is 12.7 Å². The summed E-state index contributed by atoms with van der Waals surface area (Å²) in [5.41, 5.74) is 6.61. The molecule has 5 heteroatoms. The molecule has 0 amide bonds. The SMILES string of the molecule is COc1cc(Cl)cc(C(N)CO)c1OC1CCCC1. The zero-order valence-corrected chi connectivity index (χ0v) is 11.8. The van der Waals surface area contributed by atoms with Crippen molar-refractivity contribution in [2.75, 3.05) is 13.7 Å². The van der Waals surface area contributed by atoms with E-state index in [9.17, 15) is 5.11 Å². The molecule has 3 N–H and O–H groups in total. The van der Waals surface area contributed by atoms with Gasteiger partial charge in [0.15, 0.2) is 11.5 Å². The second kappa shape index (κ2) is 6.46. The first-order valence-corrected chi connectivity index (χ1v) is 6.94. The lowest BCUT2D eigenvalue weighted by molar-refractivity contribution is 0.194. The van der Waals surface area contributed by atoms with Crippen LogP contribution in [0.3, 0.4) is 0 Å². The van der Waals surface area contributed by atoms with Crippen molar-refractivity contribution < 1.29 is 14.6 Å². The normalized spacial score (nSPS) is 17.5.